The van der Waals surface area contributed by atoms with Crippen molar-refractivity contribution < 1.29 is 37.6 Å². The van der Waals surface area contributed by atoms with Gasteiger partial charge in [-0.05, 0) is 32.1 Å². The summed E-state index contributed by atoms with van der Waals surface area (Å²) in [6.45, 7) is 2.10. The van der Waals surface area contributed by atoms with Crippen molar-refractivity contribution in [1.82, 2.24) is 0 Å². The van der Waals surface area contributed by atoms with Crippen molar-refractivity contribution in [3.05, 3.63) is 12.2 Å². The van der Waals surface area contributed by atoms with Crippen molar-refractivity contribution in [1.29, 1.82) is 0 Å². The van der Waals surface area contributed by atoms with E-state index >= 15 is 0 Å². The maximum absolute atomic E-state index is 11.8. The van der Waals surface area contributed by atoms with Gasteiger partial charge < -0.3 is 19.2 Å². The highest BCUT2D eigenvalue weighted by Crippen LogP contribution is 2.43. The average Bonchev–Trinajstić information content (AvgIpc) is 2.75. The second-order valence-electron chi connectivity index (χ2n) is 9.93. The highest BCUT2D eigenvalue weighted by molar-refractivity contribution is 7.47. The molecule has 0 aliphatic heterocycles. The van der Waals surface area contributed by atoms with E-state index in [-0.39, 0.29) is 19.2 Å². The first kappa shape index (κ1) is 33.2. The number of hydrogen-bond acceptors (Lipinski definition) is 6. The number of rotatable bonds is 23. The van der Waals surface area contributed by atoms with Crippen LogP contribution in [0.25, 0.3) is 0 Å². The van der Waals surface area contributed by atoms with Gasteiger partial charge in [0.2, 0.25) is 0 Å². The molecule has 9 heteroatoms. The molecule has 0 bridgehead atoms. The largest absolute Gasteiger partial charge is 0.472 e. The number of phosphoric acid groups is 1. The standard InChI is InChI=1S/C25H50NO7P/c1-5-6-7-8-9-10-11-12-13-14-15-16-17-18-19-25(28)31-22-24(27)23-33-34(29,30)32-21-20-26(2,3)4/h10-11,24,27H,5-9,12-23H2,1-4H3/p+1/b11-10-/t24-/m1/s1. The minimum Gasteiger partial charge on any atom is -0.463 e. The second-order valence-corrected chi connectivity index (χ2v) is 11.4. The fraction of sp³-hybridized carbons (Fsp3) is 0.880. The molecule has 0 aromatic carbocycles. The number of esters is 1. The molecule has 2 N–H and O–H groups in total. The number of likely N-dealkylation sites (N-methyl/N-ethyl adjacent to an activating group) is 1. The quantitative estimate of drug-likeness (QED) is 0.0628. The third-order valence-corrected chi connectivity index (χ3v) is 6.26. The van der Waals surface area contributed by atoms with Gasteiger partial charge in [0.25, 0.3) is 0 Å². The lowest BCUT2D eigenvalue weighted by molar-refractivity contribution is -0.870. The van der Waals surface area contributed by atoms with Crippen molar-refractivity contribution >= 4 is 13.8 Å². The lowest BCUT2D eigenvalue weighted by Gasteiger charge is -2.24. The molecule has 0 heterocycles. The Morgan fingerprint density at radius 2 is 1.44 bits per heavy atom. The van der Waals surface area contributed by atoms with Crippen LogP contribution in [-0.2, 0) is 23.1 Å². The predicted octanol–water partition coefficient (Wildman–Crippen LogP) is 5.38. The molecule has 0 aliphatic rings. The predicted molar refractivity (Wildman–Crippen MR) is 136 cm³/mol. The monoisotopic (exact) mass is 508 g/mol. The van der Waals surface area contributed by atoms with Crippen LogP contribution in [0, 0.1) is 0 Å². The van der Waals surface area contributed by atoms with E-state index in [0.717, 1.165) is 25.7 Å². The van der Waals surface area contributed by atoms with Crippen molar-refractivity contribution in [3.8, 4) is 0 Å². The Morgan fingerprint density at radius 1 is 0.882 bits per heavy atom. The summed E-state index contributed by atoms with van der Waals surface area (Å²) in [6.07, 6.45) is 17.8. The molecule has 0 fully saturated rings. The summed E-state index contributed by atoms with van der Waals surface area (Å²) < 4.78 is 27.0. The molecular formula is C25H51NO7P+. The molecule has 0 radical (unpaired) electrons. The third kappa shape index (κ3) is 24.4. The van der Waals surface area contributed by atoms with Gasteiger partial charge in [-0.15, -0.1) is 0 Å². The Labute approximate surface area is 207 Å². The molecule has 0 rings (SSSR count). The van der Waals surface area contributed by atoms with Gasteiger partial charge in [-0.3, -0.25) is 13.8 Å². The smallest absolute Gasteiger partial charge is 0.463 e. The zero-order valence-corrected chi connectivity index (χ0v) is 23.0. The minimum absolute atomic E-state index is 0.0542. The van der Waals surface area contributed by atoms with Crippen LogP contribution in [0.5, 0.6) is 0 Å². The SMILES string of the molecule is CCCCCC/C=C\CCCCCCCCC(=O)OC[C@@H](O)COP(=O)(O)OCC[N+](C)(C)C. The summed E-state index contributed by atoms with van der Waals surface area (Å²) in [6, 6.07) is 0. The number of aliphatic hydroxyl groups is 1. The van der Waals surface area contributed by atoms with Crippen LogP contribution < -0.4 is 0 Å². The summed E-state index contributed by atoms with van der Waals surface area (Å²) in [4.78, 5) is 21.4. The zero-order chi connectivity index (χ0) is 25.7. The molecule has 8 nitrogen and oxygen atoms in total. The molecule has 2 atom stereocenters. The number of ether oxygens (including phenoxy) is 1. The number of quaternary nitrogens is 1. The number of phosphoric ester groups is 1. The minimum atomic E-state index is -4.24. The average molecular weight is 509 g/mol. The van der Waals surface area contributed by atoms with Crippen molar-refractivity contribution in [3.63, 3.8) is 0 Å². The van der Waals surface area contributed by atoms with Crippen LogP contribution in [0.2, 0.25) is 0 Å². The van der Waals surface area contributed by atoms with Crippen LogP contribution in [0.15, 0.2) is 12.2 Å². The lowest BCUT2D eigenvalue weighted by atomic mass is 10.1. The van der Waals surface area contributed by atoms with Gasteiger partial charge in [-0.1, -0.05) is 64.0 Å². The van der Waals surface area contributed by atoms with E-state index in [1.807, 2.05) is 21.1 Å². The molecule has 34 heavy (non-hydrogen) atoms. The fourth-order valence-electron chi connectivity index (χ4n) is 3.12. The first-order valence-electron chi connectivity index (χ1n) is 13.0. The Hall–Kier alpha value is -0.760. The molecule has 0 aromatic heterocycles. The van der Waals surface area contributed by atoms with Crippen molar-refractivity contribution in [2.24, 2.45) is 0 Å². The summed E-state index contributed by atoms with van der Waals surface area (Å²) in [5, 5.41) is 9.81. The van der Waals surface area contributed by atoms with Crippen LogP contribution in [0.3, 0.4) is 0 Å². The summed E-state index contributed by atoms with van der Waals surface area (Å²) in [5.74, 6) is -0.380. The van der Waals surface area contributed by atoms with Crippen molar-refractivity contribution in [2.75, 3.05) is 47.5 Å². The summed E-state index contributed by atoms with van der Waals surface area (Å²) in [5.41, 5.74) is 0. The Morgan fingerprint density at radius 3 is 2.03 bits per heavy atom. The Kier molecular flexibility index (Phi) is 20.0. The van der Waals surface area contributed by atoms with E-state index in [2.05, 4.69) is 19.1 Å². The second kappa shape index (κ2) is 20.4. The zero-order valence-electron chi connectivity index (χ0n) is 22.1. The number of carbonyl (C=O) groups excluding carboxylic acids is 1. The van der Waals surface area contributed by atoms with Gasteiger partial charge in [0, 0.05) is 6.42 Å². The lowest BCUT2D eigenvalue weighted by Crippen LogP contribution is -2.37. The molecule has 0 saturated heterocycles. The van der Waals surface area contributed by atoms with Gasteiger partial charge >= 0.3 is 13.8 Å². The highest BCUT2D eigenvalue weighted by atomic mass is 31.2. The molecule has 1 unspecified atom stereocenters. The third-order valence-electron chi connectivity index (χ3n) is 5.28. The van der Waals surface area contributed by atoms with Crippen LogP contribution in [0.1, 0.15) is 90.4 Å². The number of nitrogens with zero attached hydrogens (tertiary/aromatic N) is 1. The van der Waals surface area contributed by atoms with Crippen LogP contribution in [0.4, 0.5) is 0 Å². The molecule has 202 valence electrons. The van der Waals surface area contributed by atoms with Crippen molar-refractivity contribution in [2.45, 2.75) is 96.5 Å². The Bertz CT molecular complexity index is 578. The van der Waals surface area contributed by atoms with E-state index in [9.17, 15) is 19.4 Å². The Balaban J connectivity index is 3.61. The van der Waals surface area contributed by atoms with Crippen LogP contribution >= 0.6 is 7.82 Å². The number of hydrogen-bond donors (Lipinski definition) is 2. The highest BCUT2D eigenvalue weighted by Gasteiger charge is 2.24. The van der Waals surface area contributed by atoms with E-state index in [4.69, 9.17) is 13.8 Å². The van der Waals surface area contributed by atoms with Gasteiger partial charge in [-0.2, -0.15) is 0 Å². The summed E-state index contributed by atoms with van der Waals surface area (Å²) in [7, 11) is 1.56. The molecular weight excluding hydrogens is 457 g/mol. The van der Waals surface area contributed by atoms with E-state index in [1.54, 1.807) is 0 Å². The molecule has 0 amide bonds. The molecule has 0 aromatic rings. The number of carbonyl (C=O) groups is 1. The first-order chi connectivity index (χ1) is 16.1. The van der Waals surface area contributed by atoms with E-state index < -0.39 is 20.5 Å². The number of allylic oxidation sites excluding steroid dienone is 2. The fourth-order valence-corrected chi connectivity index (χ4v) is 3.87. The maximum Gasteiger partial charge on any atom is 0.472 e. The van der Waals surface area contributed by atoms with Gasteiger partial charge in [0.15, 0.2) is 0 Å². The first-order valence-corrected chi connectivity index (χ1v) is 14.5. The number of unbranched alkanes of at least 4 members (excludes halogenated alkanes) is 10. The van der Waals surface area contributed by atoms with Gasteiger partial charge in [0.05, 0.1) is 27.7 Å². The normalized spacial score (nSPS) is 14.9. The van der Waals surface area contributed by atoms with Gasteiger partial charge in [0.1, 0.15) is 25.9 Å². The van der Waals surface area contributed by atoms with E-state index in [1.165, 1.54) is 51.4 Å². The summed E-state index contributed by atoms with van der Waals surface area (Å²) >= 11 is 0. The molecule has 0 saturated carbocycles. The topological polar surface area (TPSA) is 102 Å². The van der Waals surface area contributed by atoms with Gasteiger partial charge in [-0.25, -0.2) is 4.57 Å². The van der Waals surface area contributed by atoms with Crippen LogP contribution in [-0.4, -0.2) is 74.1 Å². The van der Waals surface area contributed by atoms with E-state index in [0.29, 0.717) is 17.4 Å². The maximum atomic E-state index is 11.8. The number of aliphatic hydroxyl groups excluding tert-OH is 1. The molecule has 0 spiro atoms. The molecule has 0 aliphatic carbocycles.